The molecule has 4 rings (SSSR count). The zero-order valence-corrected chi connectivity index (χ0v) is 16.0. The number of methoxy groups -OCH3 is 1. The molecule has 0 radical (unpaired) electrons. The van der Waals surface area contributed by atoms with Crippen molar-refractivity contribution in [2.45, 2.75) is 12.5 Å². The summed E-state index contributed by atoms with van der Waals surface area (Å²) in [4.78, 5) is 36.3. The molecule has 152 valence electrons. The molecule has 0 saturated carbocycles. The van der Waals surface area contributed by atoms with Gasteiger partial charge in [-0.1, -0.05) is 18.2 Å². The summed E-state index contributed by atoms with van der Waals surface area (Å²) in [6.45, 7) is 0. The van der Waals surface area contributed by atoms with E-state index in [2.05, 4.69) is 15.7 Å². The van der Waals surface area contributed by atoms with Gasteiger partial charge in [0.25, 0.3) is 0 Å². The number of hydrogen-bond donors (Lipinski definition) is 3. The van der Waals surface area contributed by atoms with Crippen molar-refractivity contribution in [3.8, 4) is 16.9 Å². The summed E-state index contributed by atoms with van der Waals surface area (Å²) in [6, 6.07) is 12.3. The van der Waals surface area contributed by atoms with Crippen LogP contribution in [0.3, 0.4) is 0 Å². The number of nitrogens with one attached hydrogen (secondary N) is 2. The topological polar surface area (TPSA) is 123 Å². The first-order chi connectivity index (χ1) is 14.5. The number of amides is 2. The van der Waals surface area contributed by atoms with Crippen LogP contribution < -0.4 is 15.4 Å². The Morgan fingerprint density at radius 3 is 2.70 bits per heavy atom. The predicted molar refractivity (Wildman–Crippen MR) is 109 cm³/mol. The number of rotatable bonds is 5. The molecule has 1 aromatic heterocycles. The molecular formula is C21H18N4O5. The molecule has 0 aliphatic carbocycles. The molecule has 9 nitrogen and oxygen atoms in total. The Kier molecular flexibility index (Phi) is 4.93. The number of hydrogen-bond acceptors (Lipinski definition) is 5. The number of carboxylic acids is 1. The van der Waals surface area contributed by atoms with Crippen LogP contribution in [0.5, 0.6) is 5.75 Å². The Morgan fingerprint density at radius 1 is 1.23 bits per heavy atom. The Morgan fingerprint density at radius 2 is 2.00 bits per heavy atom. The standard InChI is InChI=1S/C21H18N4O5/c1-30-15-7-5-12(6-8-15)16-11-22-25-17(10-18(26)24-19(16)25)20(27)23-14-4-2-3-13(9-14)21(28)29/h2-9,11,17H,10H2,1H3,(H,23,27)(H,24,26)(H,28,29)/t17-/m0/s1. The van der Waals surface area contributed by atoms with Crippen molar-refractivity contribution in [3.05, 3.63) is 60.3 Å². The van der Waals surface area contributed by atoms with E-state index in [0.29, 0.717) is 22.8 Å². The van der Waals surface area contributed by atoms with Gasteiger partial charge in [0.05, 0.1) is 25.3 Å². The summed E-state index contributed by atoms with van der Waals surface area (Å²) in [5.41, 5.74) is 1.87. The average Bonchev–Trinajstić information content (AvgIpc) is 3.17. The van der Waals surface area contributed by atoms with Gasteiger partial charge in [-0.3, -0.25) is 9.59 Å². The molecule has 3 aromatic rings. The highest BCUT2D eigenvalue weighted by molar-refractivity contribution is 6.03. The number of carbonyl (C=O) groups excluding carboxylic acids is 2. The minimum Gasteiger partial charge on any atom is -0.497 e. The lowest BCUT2D eigenvalue weighted by Crippen LogP contribution is -2.35. The van der Waals surface area contributed by atoms with Gasteiger partial charge in [-0.2, -0.15) is 5.10 Å². The second kappa shape index (κ2) is 7.70. The fraction of sp³-hybridized carbons (Fsp3) is 0.143. The van der Waals surface area contributed by atoms with Gasteiger partial charge in [0, 0.05) is 11.3 Å². The average molecular weight is 406 g/mol. The second-order valence-corrected chi connectivity index (χ2v) is 6.72. The second-order valence-electron chi connectivity index (χ2n) is 6.72. The summed E-state index contributed by atoms with van der Waals surface area (Å²) < 4.78 is 6.63. The van der Waals surface area contributed by atoms with Crippen LogP contribution in [-0.2, 0) is 9.59 Å². The van der Waals surface area contributed by atoms with Crippen molar-refractivity contribution in [1.29, 1.82) is 0 Å². The number of fused-ring (bicyclic) bond motifs is 1. The van der Waals surface area contributed by atoms with E-state index < -0.39 is 17.9 Å². The molecule has 2 aromatic carbocycles. The minimum atomic E-state index is -1.10. The zero-order valence-electron chi connectivity index (χ0n) is 16.0. The Bertz CT molecular complexity index is 1140. The number of anilines is 2. The quantitative estimate of drug-likeness (QED) is 0.599. The molecule has 9 heteroatoms. The van der Waals surface area contributed by atoms with Crippen molar-refractivity contribution < 1.29 is 24.2 Å². The third-order valence-electron chi connectivity index (χ3n) is 4.81. The van der Waals surface area contributed by atoms with Crippen LogP contribution in [0.2, 0.25) is 0 Å². The van der Waals surface area contributed by atoms with E-state index in [1.54, 1.807) is 31.5 Å². The van der Waals surface area contributed by atoms with Crippen LogP contribution in [0.15, 0.2) is 54.7 Å². The lowest BCUT2D eigenvalue weighted by molar-refractivity contribution is -0.125. The lowest BCUT2D eigenvalue weighted by Gasteiger charge is -2.24. The summed E-state index contributed by atoms with van der Waals surface area (Å²) in [6.07, 6.45) is 1.51. The SMILES string of the molecule is COc1ccc(-c2cnn3c2NC(=O)C[C@H]3C(=O)Nc2cccc(C(=O)O)c2)cc1. The highest BCUT2D eigenvalue weighted by Gasteiger charge is 2.33. The number of nitrogens with zero attached hydrogens (tertiary/aromatic N) is 2. The van der Waals surface area contributed by atoms with Crippen LogP contribution in [-0.4, -0.2) is 39.8 Å². The molecule has 0 spiro atoms. The first kappa shape index (κ1) is 19.2. The van der Waals surface area contributed by atoms with E-state index >= 15 is 0 Å². The van der Waals surface area contributed by atoms with E-state index in [1.165, 1.54) is 22.9 Å². The molecule has 30 heavy (non-hydrogen) atoms. The fourth-order valence-electron chi connectivity index (χ4n) is 3.31. The Labute approximate surface area is 171 Å². The maximum atomic E-state index is 12.9. The van der Waals surface area contributed by atoms with Crippen LogP contribution in [0.1, 0.15) is 22.8 Å². The van der Waals surface area contributed by atoms with Crippen molar-refractivity contribution in [2.75, 3.05) is 17.7 Å². The Balaban J connectivity index is 1.63. The van der Waals surface area contributed by atoms with Gasteiger partial charge in [-0.15, -0.1) is 0 Å². The normalized spacial score (nSPS) is 15.1. The molecule has 0 fully saturated rings. The van der Waals surface area contributed by atoms with Gasteiger partial charge >= 0.3 is 5.97 Å². The molecule has 0 saturated heterocycles. The molecule has 2 heterocycles. The van der Waals surface area contributed by atoms with E-state index in [0.717, 1.165) is 5.56 Å². The van der Waals surface area contributed by atoms with Gasteiger partial charge in [0.1, 0.15) is 17.6 Å². The number of ether oxygens (including phenoxy) is 1. The van der Waals surface area contributed by atoms with Crippen LogP contribution in [0.25, 0.3) is 11.1 Å². The number of carbonyl (C=O) groups is 3. The highest BCUT2D eigenvalue weighted by atomic mass is 16.5. The van der Waals surface area contributed by atoms with Crippen LogP contribution in [0, 0.1) is 0 Å². The molecule has 3 N–H and O–H groups in total. The first-order valence-corrected chi connectivity index (χ1v) is 9.12. The smallest absolute Gasteiger partial charge is 0.335 e. The molecule has 1 atom stereocenters. The minimum absolute atomic E-state index is 0.0516. The molecule has 0 unspecified atom stereocenters. The van der Waals surface area contributed by atoms with Crippen LogP contribution in [0.4, 0.5) is 11.5 Å². The molecule has 1 aliphatic rings. The summed E-state index contributed by atoms with van der Waals surface area (Å²) in [7, 11) is 1.58. The Hall–Kier alpha value is -4.14. The van der Waals surface area contributed by atoms with Gasteiger partial charge in [-0.05, 0) is 35.9 Å². The number of aromatic carboxylic acids is 1. The number of carboxylic acid groups (broad SMARTS) is 1. The van der Waals surface area contributed by atoms with E-state index in [1.807, 2.05) is 12.1 Å². The zero-order chi connectivity index (χ0) is 21.3. The number of benzene rings is 2. The fourth-order valence-corrected chi connectivity index (χ4v) is 3.31. The van der Waals surface area contributed by atoms with Crippen molar-refractivity contribution in [3.63, 3.8) is 0 Å². The summed E-state index contributed by atoms with van der Waals surface area (Å²) in [5, 5.41) is 18.9. The molecule has 1 aliphatic heterocycles. The summed E-state index contributed by atoms with van der Waals surface area (Å²) in [5.74, 6) is -0.739. The van der Waals surface area contributed by atoms with Crippen molar-refractivity contribution in [2.24, 2.45) is 0 Å². The molecular weight excluding hydrogens is 388 g/mol. The highest BCUT2D eigenvalue weighted by Crippen LogP contribution is 2.35. The third kappa shape index (κ3) is 3.60. The van der Waals surface area contributed by atoms with E-state index in [9.17, 15) is 14.4 Å². The van der Waals surface area contributed by atoms with Gasteiger partial charge in [0.15, 0.2) is 0 Å². The van der Waals surface area contributed by atoms with Gasteiger partial charge in [0.2, 0.25) is 11.8 Å². The molecule has 2 amide bonds. The molecule has 0 bridgehead atoms. The van der Waals surface area contributed by atoms with Crippen LogP contribution >= 0.6 is 0 Å². The largest absolute Gasteiger partial charge is 0.497 e. The van der Waals surface area contributed by atoms with Crippen molar-refractivity contribution >= 4 is 29.3 Å². The maximum absolute atomic E-state index is 12.9. The van der Waals surface area contributed by atoms with Gasteiger partial charge < -0.3 is 20.5 Å². The van der Waals surface area contributed by atoms with E-state index in [-0.39, 0.29) is 17.9 Å². The van der Waals surface area contributed by atoms with E-state index in [4.69, 9.17) is 9.84 Å². The van der Waals surface area contributed by atoms with Gasteiger partial charge in [-0.25, -0.2) is 9.48 Å². The third-order valence-corrected chi connectivity index (χ3v) is 4.81. The lowest BCUT2D eigenvalue weighted by atomic mass is 10.1. The maximum Gasteiger partial charge on any atom is 0.335 e. The first-order valence-electron chi connectivity index (χ1n) is 9.12. The predicted octanol–water partition coefficient (Wildman–Crippen LogP) is 2.78. The van der Waals surface area contributed by atoms with Crippen molar-refractivity contribution in [1.82, 2.24) is 9.78 Å². The number of aromatic nitrogens is 2. The summed E-state index contributed by atoms with van der Waals surface area (Å²) >= 11 is 0. The monoisotopic (exact) mass is 406 g/mol.